The van der Waals surface area contributed by atoms with Crippen LogP contribution < -0.4 is 19.4 Å². The number of anilines is 3. The Bertz CT molecular complexity index is 1730. The fourth-order valence-electron chi connectivity index (χ4n) is 6.09. The summed E-state index contributed by atoms with van der Waals surface area (Å²) in [7, 11) is 1.51. The number of hydrogen-bond acceptors (Lipinski definition) is 9. The van der Waals surface area contributed by atoms with E-state index in [1.807, 2.05) is 36.4 Å². The van der Waals surface area contributed by atoms with Gasteiger partial charge in [-0.15, -0.1) is 0 Å². The number of aromatic nitrogens is 3. The number of carbonyl (C=O) groups excluding carboxylic acids is 2. The van der Waals surface area contributed by atoms with E-state index >= 15 is 0 Å². The molecule has 0 saturated carbocycles. The third-order valence-corrected chi connectivity index (χ3v) is 9.21. The van der Waals surface area contributed by atoms with Gasteiger partial charge in [-0.2, -0.15) is 5.10 Å². The standard InChI is InChI=1S/C33H33Cl2N7O5/c1-38-31(43)17-42(32(38)44)26-5-3-24(4-6-26)39-12-14-40(15-13-39)25-7-9-27(10-8-25)45-18-28-19-46-33(47-28,20-41-22-36-21-37-41)29-11-2-23(34)16-30(29)35/h2-11,16,21-22,28H,12-15,17-20H2,1H3/t28-,33-/m1/s1. The van der Waals surface area contributed by atoms with E-state index in [1.54, 1.807) is 29.2 Å². The number of ether oxygens (including phenoxy) is 3. The van der Waals surface area contributed by atoms with E-state index in [4.69, 9.17) is 37.4 Å². The molecule has 0 radical (unpaired) electrons. The molecule has 3 aliphatic rings. The Hall–Kier alpha value is -4.36. The highest BCUT2D eigenvalue weighted by molar-refractivity contribution is 6.35. The largest absolute Gasteiger partial charge is 0.491 e. The van der Waals surface area contributed by atoms with E-state index in [0.29, 0.717) is 28.8 Å². The molecule has 3 saturated heterocycles. The lowest BCUT2D eigenvalue weighted by molar-refractivity contribution is -0.190. The van der Waals surface area contributed by atoms with Crippen molar-refractivity contribution in [2.24, 2.45) is 0 Å². The highest BCUT2D eigenvalue weighted by atomic mass is 35.5. The van der Waals surface area contributed by atoms with E-state index in [9.17, 15) is 9.59 Å². The number of carbonyl (C=O) groups is 2. The van der Waals surface area contributed by atoms with Crippen molar-refractivity contribution < 1.29 is 23.8 Å². The van der Waals surface area contributed by atoms with E-state index in [2.05, 4.69) is 32.0 Å². The Morgan fingerprint density at radius 2 is 1.57 bits per heavy atom. The monoisotopic (exact) mass is 677 g/mol. The lowest BCUT2D eigenvalue weighted by Crippen LogP contribution is -2.46. The third-order valence-electron chi connectivity index (χ3n) is 8.67. The second-order valence-electron chi connectivity index (χ2n) is 11.6. The average molecular weight is 679 g/mol. The topological polar surface area (TPSA) is 106 Å². The second-order valence-corrected chi connectivity index (χ2v) is 12.5. The maximum atomic E-state index is 12.3. The Morgan fingerprint density at radius 1 is 0.915 bits per heavy atom. The summed E-state index contributed by atoms with van der Waals surface area (Å²) in [4.78, 5) is 35.6. The van der Waals surface area contributed by atoms with Crippen molar-refractivity contribution in [3.05, 3.63) is 95.0 Å². The number of halogens is 2. The minimum Gasteiger partial charge on any atom is -0.491 e. The zero-order chi connectivity index (χ0) is 32.5. The summed E-state index contributed by atoms with van der Waals surface area (Å²) in [5.41, 5.74) is 3.59. The number of hydrogen-bond donors (Lipinski definition) is 0. The summed E-state index contributed by atoms with van der Waals surface area (Å²) in [5.74, 6) is -0.629. The molecule has 14 heteroatoms. The number of amides is 3. The summed E-state index contributed by atoms with van der Waals surface area (Å²) in [6.07, 6.45) is 2.72. The van der Waals surface area contributed by atoms with Crippen molar-refractivity contribution >= 4 is 52.2 Å². The molecule has 0 spiro atoms. The van der Waals surface area contributed by atoms with Crippen LogP contribution in [0.4, 0.5) is 21.9 Å². The summed E-state index contributed by atoms with van der Waals surface area (Å²) in [5, 5.41) is 5.18. The van der Waals surface area contributed by atoms with Crippen molar-refractivity contribution in [2.45, 2.75) is 18.4 Å². The number of urea groups is 1. The Balaban J connectivity index is 0.923. The minimum atomic E-state index is -1.16. The summed E-state index contributed by atoms with van der Waals surface area (Å²) >= 11 is 12.7. The van der Waals surface area contributed by atoms with E-state index in [0.717, 1.165) is 53.9 Å². The fourth-order valence-corrected chi connectivity index (χ4v) is 6.64. The summed E-state index contributed by atoms with van der Waals surface area (Å²) in [6.45, 7) is 4.37. The molecule has 3 aromatic carbocycles. The molecule has 0 bridgehead atoms. The molecule has 12 nitrogen and oxygen atoms in total. The van der Waals surface area contributed by atoms with Crippen LogP contribution >= 0.6 is 23.2 Å². The first kappa shape index (κ1) is 31.3. The number of benzene rings is 3. The fraction of sp³-hybridized carbons (Fsp3) is 0.333. The zero-order valence-corrected chi connectivity index (χ0v) is 27.2. The van der Waals surface area contributed by atoms with Gasteiger partial charge in [0.05, 0.1) is 11.6 Å². The Kier molecular flexibility index (Phi) is 8.67. The van der Waals surface area contributed by atoms with Crippen molar-refractivity contribution in [2.75, 3.05) is 67.7 Å². The molecule has 3 fully saturated rings. The van der Waals surface area contributed by atoms with Crippen molar-refractivity contribution in [1.82, 2.24) is 19.7 Å². The van der Waals surface area contributed by atoms with Gasteiger partial charge in [0.15, 0.2) is 0 Å². The van der Waals surface area contributed by atoms with Crippen LogP contribution in [-0.2, 0) is 26.6 Å². The normalized spacial score (nSPS) is 21.6. The van der Waals surface area contributed by atoms with Crippen molar-refractivity contribution in [3.8, 4) is 5.75 Å². The molecule has 3 amide bonds. The van der Waals surface area contributed by atoms with Crippen LogP contribution in [0.2, 0.25) is 10.0 Å². The SMILES string of the molecule is CN1C(=O)CN(c2ccc(N3CCN(c4ccc(OC[C@@H]5CO[C@@](Cn6cncn6)(c6ccc(Cl)cc6Cl)O5)cc4)CC3)cc2)C1=O. The summed E-state index contributed by atoms with van der Waals surface area (Å²) in [6, 6.07) is 20.8. The number of rotatable bonds is 9. The lowest BCUT2D eigenvalue weighted by Gasteiger charge is -2.37. The van der Waals surface area contributed by atoms with Gasteiger partial charge in [-0.1, -0.05) is 29.3 Å². The highest BCUT2D eigenvalue weighted by Crippen LogP contribution is 2.40. The molecule has 2 atom stereocenters. The van der Waals surface area contributed by atoms with E-state index in [1.165, 1.54) is 18.3 Å². The molecule has 47 heavy (non-hydrogen) atoms. The van der Waals surface area contributed by atoms with Crippen LogP contribution in [0.5, 0.6) is 5.75 Å². The first-order chi connectivity index (χ1) is 22.8. The number of imide groups is 1. The molecule has 0 unspecified atom stereocenters. The number of likely N-dealkylation sites (N-methyl/N-ethyl adjacent to an activating group) is 1. The third kappa shape index (κ3) is 6.46. The molecule has 0 N–H and O–H groups in total. The Morgan fingerprint density at radius 3 is 2.17 bits per heavy atom. The minimum absolute atomic E-state index is 0.0746. The average Bonchev–Trinajstić information content (AvgIpc) is 3.82. The summed E-state index contributed by atoms with van der Waals surface area (Å²) < 4.78 is 20.5. The van der Waals surface area contributed by atoms with Crippen LogP contribution in [0.15, 0.2) is 79.4 Å². The van der Waals surface area contributed by atoms with Gasteiger partial charge in [0, 0.05) is 60.9 Å². The first-order valence-corrected chi connectivity index (χ1v) is 16.0. The van der Waals surface area contributed by atoms with Gasteiger partial charge in [-0.3, -0.25) is 14.6 Å². The van der Waals surface area contributed by atoms with Crippen LogP contribution in [-0.4, -0.2) is 90.7 Å². The van der Waals surface area contributed by atoms with Crippen molar-refractivity contribution in [1.29, 1.82) is 0 Å². The van der Waals surface area contributed by atoms with Crippen LogP contribution in [0.25, 0.3) is 0 Å². The van der Waals surface area contributed by atoms with Gasteiger partial charge in [-0.05, 0) is 60.7 Å². The molecule has 4 heterocycles. The second kappa shape index (κ2) is 13.0. The van der Waals surface area contributed by atoms with E-state index < -0.39 is 5.79 Å². The molecule has 1 aromatic heterocycles. The van der Waals surface area contributed by atoms with Crippen LogP contribution in [0, 0.1) is 0 Å². The molecular weight excluding hydrogens is 645 g/mol. The van der Waals surface area contributed by atoms with Crippen LogP contribution in [0.1, 0.15) is 5.56 Å². The quantitative estimate of drug-likeness (QED) is 0.234. The molecular formula is C33H33Cl2N7O5. The van der Waals surface area contributed by atoms with Gasteiger partial charge in [-0.25, -0.2) is 14.5 Å². The maximum Gasteiger partial charge on any atom is 0.331 e. The zero-order valence-electron chi connectivity index (χ0n) is 25.7. The molecule has 4 aromatic rings. The Labute approximate surface area is 281 Å². The van der Waals surface area contributed by atoms with Gasteiger partial charge in [0.1, 0.15) is 44.2 Å². The molecule has 244 valence electrons. The van der Waals surface area contributed by atoms with Gasteiger partial charge in [0.25, 0.3) is 0 Å². The number of piperazine rings is 1. The number of nitrogens with zero attached hydrogens (tertiary/aromatic N) is 7. The molecule has 7 rings (SSSR count). The maximum absolute atomic E-state index is 12.3. The van der Waals surface area contributed by atoms with Gasteiger partial charge in [0.2, 0.25) is 11.7 Å². The first-order valence-electron chi connectivity index (χ1n) is 15.3. The van der Waals surface area contributed by atoms with E-state index in [-0.39, 0.29) is 31.1 Å². The van der Waals surface area contributed by atoms with Crippen LogP contribution in [0.3, 0.4) is 0 Å². The molecule has 0 aliphatic carbocycles. The predicted molar refractivity (Wildman–Crippen MR) is 177 cm³/mol. The predicted octanol–water partition coefficient (Wildman–Crippen LogP) is 4.66. The molecule has 3 aliphatic heterocycles. The van der Waals surface area contributed by atoms with Gasteiger partial charge >= 0.3 is 6.03 Å². The smallest absolute Gasteiger partial charge is 0.331 e. The van der Waals surface area contributed by atoms with Crippen molar-refractivity contribution in [3.63, 3.8) is 0 Å². The highest BCUT2D eigenvalue weighted by Gasteiger charge is 2.45. The lowest BCUT2D eigenvalue weighted by atomic mass is 10.1. The van der Waals surface area contributed by atoms with Gasteiger partial charge < -0.3 is 24.0 Å².